The zero-order valence-electron chi connectivity index (χ0n) is 18.1. The van der Waals surface area contributed by atoms with Crippen LogP contribution in [0.25, 0.3) is 0 Å². The van der Waals surface area contributed by atoms with Crippen molar-refractivity contribution in [3.63, 3.8) is 0 Å². The molecule has 3 aliphatic heterocycles. The first-order valence-electron chi connectivity index (χ1n) is 10.2. The van der Waals surface area contributed by atoms with Gasteiger partial charge in [-0.15, -0.1) is 11.8 Å². The third-order valence-electron chi connectivity index (χ3n) is 5.56. The number of methoxy groups -OCH3 is 1. The van der Waals surface area contributed by atoms with Crippen molar-refractivity contribution < 1.29 is 33.2 Å². The summed E-state index contributed by atoms with van der Waals surface area (Å²) in [4.78, 5) is 11.4. The number of carbonyl (C=O) groups excluding carboxylic acids is 1. The minimum absolute atomic E-state index is 0.0507. The van der Waals surface area contributed by atoms with Crippen LogP contribution in [0.1, 0.15) is 39.7 Å². The van der Waals surface area contributed by atoms with Crippen LogP contribution < -0.4 is 0 Å². The van der Waals surface area contributed by atoms with E-state index < -0.39 is 28.7 Å². The molecule has 0 bridgehead atoms. The molecule has 0 N–H and O–H groups in total. The summed E-state index contributed by atoms with van der Waals surface area (Å²) in [5, 5.41) is 0. The summed E-state index contributed by atoms with van der Waals surface area (Å²) >= 11 is 1.54. The molecule has 166 valence electrons. The summed E-state index contributed by atoms with van der Waals surface area (Å²) in [7, 11) is 1.38. The number of thioether (sulfide) groups is 1. The highest BCUT2D eigenvalue weighted by molar-refractivity contribution is 7.99. The van der Waals surface area contributed by atoms with Gasteiger partial charge in [0.25, 0.3) is 0 Å². The Morgan fingerprint density at radius 1 is 1.03 bits per heavy atom. The smallest absolute Gasteiger partial charge is 0.309 e. The molecule has 0 aliphatic carbocycles. The second-order valence-electron chi connectivity index (χ2n) is 8.81. The molecule has 0 saturated carbocycles. The van der Waals surface area contributed by atoms with Crippen molar-refractivity contribution in [1.82, 2.24) is 0 Å². The minimum Gasteiger partial charge on any atom is -0.469 e. The maximum atomic E-state index is 12.4. The maximum absolute atomic E-state index is 12.4. The van der Waals surface area contributed by atoms with Crippen LogP contribution in [-0.4, -0.2) is 60.6 Å². The van der Waals surface area contributed by atoms with E-state index in [-0.39, 0.29) is 24.6 Å². The van der Waals surface area contributed by atoms with E-state index in [1.165, 1.54) is 7.11 Å². The fourth-order valence-corrected chi connectivity index (χ4v) is 5.61. The molecule has 0 radical (unpaired) electrons. The molecule has 8 heteroatoms. The number of esters is 1. The number of carbonyl (C=O) groups is 1. The Bertz CT molecular complexity index is 768. The Morgan fingerprint density at radius 2 is 1.77 bits per heavy atom. The fourth-order valence-electron chi connectivity index (χ4n) is 4.26. The Hall–Kier alpha value is -1.16. The van der Waals surface area contributed by atoms with Gasteiger partial charge in [0.1, 0.15) is 24.4 Å². The predicted octanol–water partition coefficient (Wildman–Crippen LogP) is 3.25. The van der Waals surface area contributed by atoms with E-state index in [1.807, 2.05) is 45.9 Å². The van der Waals surface area contributed by atoms with E-state index in [2.05, 4.69) is 12.1 Å². The van der Waals surface area contributed by atoms with Gasteiger partial charge < -0.3 is 28.4 Å². The fraction of sp³-hybridized carbons (Fsp3) is 0.682. The summed E-state index contributed by atoms with van der Waals surface area (Å²) in [6, 6.07) is 10.1. The number of ether oxygens (including phenoxy) is 6. The first-order valence-corrected chi connectivity index (χ1v) is 11.2. The van der Waals surface area contributed by atoms with Crippen molar-refractivity contribution >= 4 is 17.7 Å². The molecule has 3 fully saturated rings. The largest absolute Gasteiger partial charge is 0.469 e. The van der Waals surface area contributed by atoms with Crippen molar-refractivity contribution in [1.29, 1.82) is 0 Å². The molecule has 0 unspecified atom stereocenters. The highest BCUT2D eigenvalue weighted by atomic mass is 32.2. The number of hydrogen-bond acceptors (Lipinski definition) is 8. The lowest BCUT2D eigenvalue weighted by Gasteiger charge is -2.34. The summed E-state index contributed by atoms with van der Waals surface area (Å²) in [6.45, 7) is 7.90. The topological polar surface area (TPSA) is 72.5 Å². The number of fused-ring (bicyclic) bond motifs is 1. The first-order chi connectivity index (χ1) is 14.1. The van der Waals surface area contributed by atoms with Crippen LogP contribution in [0.2, 0.25) is 0 Å². The van der Waals surface area contributed by atoms with Crippen LogP contribution in [0.4, 0.5) is 0 Å². The molecule has 3 saturated heterocycles. The zero-order valence-corrected chi connectivity index (χ0v) is 18.9. The van der Waals surface area contributed by atoms with Gasteiger partial charge in [-0.2, -0.15) is 0 Å². The lowest BCUT2D eigenvalue weighted by molar-refractivity contribution is -0.213. The van der Waals surface area contributed by atoms with Gasteiger partial charge in [-0.1, -0.05) is 30.3 Å². The summed E-state index contributed by atoms with van der Waals surface area (Å²) in [5.74, 6) is -1.18. The summed E-state index contributed by atoms with van der Waals surface area (Å²) < 4.78 is 36.0. The Balaban J connectivity index is 1.63. The van der Waals surface area contributed by atoms with E-state index in [0.29, 0.717) is 12.4 Å². The molecular weight excluding hydrogens is 408 g/mol. The van der Waals surface area contributed by atoms with Crippen LogP contribution in [-0.2, 0) is 39.0 Å². The minimum atomic E-state index is -0.956. The van der Waals surface area contributed by atoms with Gasteiger partial charge in [-0.25, -0.2) is 0 Å². The normalized spacial score (nSPS) is 36.6. The molecule has 1 aromatic rings. The Labute approximate surface area is 181 Å². The van der Waals surface area contributed by atoms with Gasteiger partial charge >= 0.3 is 5.97 Å². The number of benzene rings is 1. The Morgan fingerprint density at radius 3 is 2.40 bits per heavy atom. The highest BCUT2D eigenvalue weighted by Gasteiger charge is 2.66. The van der Waals surface area contributed by atoms with Gasteiger partial charge in [0.15, 0.2) is 16.5 Å². The third kappa shape index (κ3) is 4.40. The van der Waals surface area contributed by atoms with Gasteiger partial charge in [-0.3, -0.25) is 4.79 Å². The summed E-state index contributed by atoms with van der Waals surface area (Å²) in [6.07, 6.45) is -1.52. The van der Waals surface area contributed by atoms with Gasteiger partial charge in [0, 0.05) is 5.75 Å². The van der Waals surface area contributed by atoms with Crippen LogP contribution >= 0.6 is 11.8 Å². The molecule has 4 rings (SSSR count). The lowest BCUT2D eigenvalue weighted by atomic mass is 10.0. The van der Waals surface area contributed by atoms with E-state index in [0.717, 1.165) is 5.56 Å². The van der Waals surface area contributed by atoms with Crippen molar-refractivity contribution in [2.45, 2.75) is 80.8 Å². The first kappa shape index (κ1) is 22.0. The SMILES string of the molecule is COC(=O)C[C@]1(SCc2ccccc2)O[C@H]([C@H]2COC(C)(C)O2)[C@@H]2OC(C)(C)O[C@@H]21. The highest BCUT2D eigenvalue weighted by Crippen LogP contribution is 2.53. The van der Waals surface area contributed by atoms with Gasteiger partial charge in [0.05, 0.1) is 20.1 Å². The zero-order chi connectivity index (χ0) is 21.6. The number of rotatable bonds is 6. The van der Waals surface area contributed by atoms with Crippen LogP contribution in [0.5, 0.6) is 0 Å². The second kappa shape index (κ2) is 8.07. The molecule has 0 spiro atoms. The quantitative estimate of drug-likeness (QED) is 0.627. The van der Waals surface area contributed by atoms with Crippen LogP contribution in [0.3, 0.4) is 0 Å². The molecular formula is C22H30O7S. The predicted molar refractivity (Wildman–Crippen MR) is 111 cm³/mol. The molecule has 3 heterocycles. The van der Waals surface area contributed by atoms with Crippen molar-refractivity contribution in [2.24, 2.45) is 0 Å². The average Bonchev–Trinajstić information content (AvgIpc) is 3.31. The van der Waals surface area contributed by atoms with Gasteiger partial charge in [-0.05, 0) is 33.3 Å². The molecule has 3 aliphatic rings. The van der Waals surface area contributed by atoms with Crippen LogP contribution in [0.15, 0.2) is 30.3 Å². The van der Waals surface area contributed by atoms with E-state index in [1.54, 1.807) is 11.8 Å². The van der Waals surface area contributed by atoms with Crippen LogP contribution in [0, 0.1) is 0 Å². The van der Waals surface area contributed by atoms with Crippen molar-refractivity contribution in [2.75, 3.05) is 13.7 Å². The lowest BCUT2D eigenvalue weighted by Crippen LogP contribution is -2.42. The molecule has 0 aromatic heterocycles. The summed E-state index contributed by atoms with van der Waals surface area (Å²) in [5.41, 5.74) is 1.13. The molecule has 7 nitrogen and oxygen atoms in total. The average molecular weight is 439 g/mol. The van der Waals surface area contributed by atoms with E-state index in [4.69, 9.17) is 28.4 Å². The maximum Gasteiger partial charge on any atom is 0.309 e. The molecule has 1 aromatic carbocycles. The van der Waals surface area contributed by atoms with E-state index >= 15 is 0 Å². The molecule has 30 heavy (non-hydrogen) atoms. The Kier molecular flexibility index (Phi) is 5.93. The monoisotopic (exact) mass is 438 g/mol. The van der Waals surface area contributed by atoms with Crippen molar-refractivity contribution in [3.05, 3.63) is 35.9 Å². The standard InChI is InChI=1S/C22H30O7S/c1-20(2)25-12-15(26-20)17-18-19(29-21(3,4)27-18)22(28-17,11-16(23)24-5)30-13-14-9-7-6-8-10-14/h6-10,15,17-19H,11-13H2,1-5H3/t15-,17-,18+,19+,22-/m1/s1. The third-order valence-corrected chi connectivity index (χ3v) is 7.00. The number of hydrogen-bond donors (Lipinski definition) is 0. The second-order valence-corrected chi connectivity index (χ2v) is 10.1. The molecule has 5 atom stereocenters. The van der Waals surface area contributed by atoms with Gasteiger partial charge in [0.2, 0.25) is 0 Å². The van der Waals surface area contributed by atoms with E-state index in [9.17, 15) is 4.79 Å². The van der Waals surface area contributed by atoms with Crippen molar-refractivity contribution in [3.8, 4) is 0 Å². The molecule has 0 amide bonds.